The highest BCUT2D eigenvalue weighted by Crippen LogP contribution is 2.21. The van der Waals surface area contributed by atoms with Crippen LogP contribution in [0.2, 0.25) is 0 Å². The Morgan fingerprint density at radius 3 is 2.15 bits per heavy atom. The number of nitriles is 3. The van der Waals surface area contributed by atoms with E-state index in [0.717, 1.165) is 16.7 Å². The molecule has 0 heterocycles. The highest BCUT2D eigenvalue weighted by molar-refractivity contribution is 5.70. The van der Waals surface area contributed by atoms with Gasteiger partial charge in [0.15, 0.2) is 0 Å². The summed E-state index contributed by atoms with van der Waals surface area (Å²) in [5.74, 6) is 0. The topological polar surface area (TPSA) is 71.4 Å². The molecule has 2 aromatic carbocycles. The molecule has 0 unspecified atom stereocenters. The first kappa shape index (κ1) is 13.1. The van der Waals surface area contributed by atoms with E-state index in [1.807, 2.05) is 48.5 Å². The summed E-state index contributed by atoms with van der Waals surface area (Å²) in [4.78, 5) is 0. The molecule has 0 saturated heterocycles. The van der Waals surface area contributed by atoms with Gasteiger partial charge in [0.25, 0.3) is 0 Å². The minimum Gasteiger partial charge on any atom is -0.192 e. The molecule has 0 aliphatic carbocycles. The van der Waals surface area contributed by atoms with E-state index >= 15 is 0 Å². The third-order valence-corrected chi connectivity index (χ3v) is 2.79. The van der Waals surface area contributed by atoms with Crippen molar-refractivity contribution < 1.29 is 0 Å². The lowest BCUT2D eigenvalue weighted by Crippen LogP contribution is -1.81. The second kappa shape index (κ2) is 6.01. The molecule has 2 rings (SSSR count). The standard InChI is InChI=1S/C17H9N3/c18-10-13-4-6-16(7-5-13)17-3-1-2-14(9-17)8-15(11-19)12-20/h1-9H. The number of hydrogen-bond acceptors (Lipinski definition) is 3. The molecular formula is C17H9N3. The van der Waals surface area contributed by atoms with Gasteiger partial charge in [-0.1, -0.05) is 30.3 Å². The van der Waals surface area contributed by atoms with Gasteiger partial charge in [0.2, 0.25) is 0 Å². The zero-order chi connectivity index (χ0) is 14.4. The van der Waals surface area contributed by atoms with Gasteiger partial charge >= 0.3 is 0 Å². The number of allylic oxidation sites excluding steroid dienone is 1. The maximum absolute atomic E-state index is 8.78. The van der Waals surface area contributed by atoms with Gasteiger partial charge in [-0.3, -0.25) is 0 Å². The third-order valence-electron chi connectivity index (χ3n) is 2.79. The van der Waals surface area contributed by atoms with Gasteiger partial charge in [-0.2, -0.15) is 15.8 Å². The summed E-state index contributed by atoms with van der Waals surface area (Å²) in [6, 6.07) is 20.6. The molecule has 0 aromatic heterocycles. The summed E-state index contributed by atoms with van der Waals surface area (Å²) >= 11 is 0. The Bertz CT molecular complexity index is 763. The molecule has 92 valence electrons. The second-order valence-electron chi connectivity index (χ2n) is 4.10. The fraction of sp³-hybridized carbons (Fsp3) is 0. The first-order chi connectivity index (χ1) is 9.76. The predicted octanol–water partition coefficient (Wildman–Crippen LogP) is 3.66. The molecule has 0 saturated carbocycles. The van der Waals surface area contributed by atoms with Crippen LogP contribution in [0.5, 0.6) is 0 Å². The minimum atomic E-state index is 0.0713. The SMILES string of the molecule is N#CC(C#N)=Cc1cccc(-c2ccc(C#N)cc2)c1. The van der Waals surface area contributed by atoms with Crippen molar-refractivity contribution in [1.82, 2.24) is 0 Å². The maximum atomic E-state index is 8.78. The van der Waals surface area contributed by atoms with Gasteiger partial charge in [-0.15, -0.1) is 0 Å². The molecule has 0 atom stereocenters. The first-order valence-electron chi connectivity index (χ1n) is 5.89. The van der Waals surface area contributed by atoms with Crippen molar-refractivity contribution in [3.63, 3.8) is 0 Å². The van der Waals surface area contributed by atoms with Crippen molar-refractivity contribution in [3.05, 3.63) is 65.2 Å². The molecule has 20 heavy (non-hydrogen) atoms. The van der Waals surface area contributed by atoms with Crippen LogP contribution in [0.25, 0.3) is 17.2 Å². The normalized spacial score (nSPS) is 8.85. The van der Waals surface area contributed by atoms with E-state index in [0.29, 0.717) is 5.56 Å². The number of nitrogens with zero attached hydrogens (tertiary/aromatic N) is 3. The van der Waals surface area contributed by atoms with Crippen molar-refractivity contribution in [1.29, 1.82) is 15.8 Å². The highest BCUT2D eigenvalue weighted by Gasteiger charge is 2.00. The zero-order valence-corrected chi connectivity index (χ0v) is 10.5. The van der Waals surface area contributed by atoms with Crippen LogP contribution in [0.1, 0.15) is 11.1 Å². The van der Waals surface area contributed by atoms with E-state index < -0.39 is 0 Å². The summed E-state index contributed by atoms with van der Waals surface area (Å²) in [6.07, 6.45) is 1.55. The zero-order valence-electron chi connectivity index (χ0n) is 10.5. The second-order valence-corrected chi connectivity index (χ2v) is 4.10. The molecular weight excluding hydrogens is 246 g/mol. The average Bonchev–Trinajstić information content (AvgIpc) is 2.53. The Morgan fingerprint density at radius 1 is 0.850 bits per heavy atom. The lowest BCUT2D eigenvalue weighted by atomic mass is 10.0. The summed E-state index contributed by atoms with van der Waals surface area (Å²) in [6.45, 7) is 0. The molecule has 3 heteroatoms. The molecule has 3 nitrogen and oxygen atoms in total. The molecule has 0 fully saturated rings. The Balaban J connectivity index is 2.40. The molecule has 0 spiro atoms. The third kappa shape index (κ3) is 2.91. The number of benzene rings is 2. The highest BCUT2D eigenvalue weighted by atomic mass is 14.3. The average molecular weight is 255 g/mol. The summed E-state index contributed by atoms with van der Waals surface area (Å²) in [5, 5.41) is 26.3. The van der Waals surface area contributed by atoms with E-state index in [-0.39, 0.29) is 5.57 Å². The van der Waals surface area contributed by atoms with Crippen LogP contribution < -0.4 is 0 Å². The van der Waals surface area contributed by atoms with E-state index in [9.17, 15) is 0 Å². The van der Waals surface area contributed by atoms with Gasteiger partial charge in [-0.25, -0.2) is 0 Å². The van der Waals surface area contributed by atoms with Gasteiger partial charge in [0.05, 0.1) is 11.6 Å². The number of hydrogen-bond donors (Lipinski definition) is 0. The Hall–Kier alpha value is -3.35. The smallest absolute Gasteiger partial charge is 0.130 e. The Labute approximate surface area is 117 Å². The van der Waals surface area contributed by atoms with Crippen LogP contribution >= 0.6 is 0 Å². The molecule has 0 N–H and O–H groups in total. The monoisotopic (exact) mass is 255 g/mol. The predicted molar refractivity (Wildman–Crippen MR) is 75.8 cm³/mol. The molecule has 0 radical (unpaired) electrons. The van der Waals surface area contributed by atoms with Crippen molar-refractivity contribution >= 4 is 6.08 Å². The van der Waals surface area contributed by atoms with Crippen molar-refractivity contribution in [2.75, 3.05) is 0 Å². The summed E-state index contributed by atoms with van der Waals surface area (Å²) < 4.78 is 0. The number of rotatable bonds is 2. The molecule has 0 aliphatic heterocycles. The Kier molecular flexibility index (Phi) is 3.93. The van der Waals surface area contributed by atoms with E-state index in [1.54, 1.807) is 18.2 Å². The first-order valence-corrected chi connectivity index (χ1v) is 5.89. The maximum Gasteiger partial charge on any atom is 0.130 e. The molecule has 0 amide bonds. The quantitative estimate of drug-likeness (QED) is 0.769. The summed E-state index contributed by atoms with van der Waals surface area (Å²) in [7, 11) is 0. The van der Waals surface area contributed by atoms with E-state index in [2.05, 4.69) is 6.07 Å². The fourth-order valence-electron chi connectivity index (χ4n) is 1.80. The molecule has 0 bridgehead atoms. The lowest BCUT2D eigenvalue weighted by Gasteiger charge is -2.03. The van der Waals surface area contributed by atoms with Crippen LogP contribution in [-0.4, -0.2) is 0 Å². The van der Waals surface area contributed by atoms with Crippen LogP contribution in [0.3, 0.4) is 0 Å². The van der Waals surface area contributed by atoms with E-state index in [1.165, 1.54) is 0 Å². The van der Waals surface area contributed by atoms with Crippen molar-refractivity contribution in [2.45, 2.75) is 0 Å². The molecule has 2 aromatic rings. The lowest BCUT2D eigenvalue weighted by molar-refractivity contribution is 1.47. The van der Waals surface area contributed by atoms with Crippen LogP contribution in [-0.2, 0) is 0 Å². The summed E-state index contributed by atoms with van der Waals surface area (Å²) in [5.41, 5.74) is 3.43. The van der Waals surface area contributed by atoms with Gasteiger partial charge in [0.1, 0.15) is 17.7 Å². The molecule has 0 aliphatic rings. The van der Waals surface area contributed by atoms with Gasteiger partial charge < -0.3 is 0 Å². The minimum absolute atomic E-state index is 0.0713. The van der Waals surface area contributed by atoms with Crippen molar-refractivity contribution in [2.24, 2.45) is 0 Å². The van der Waals surface area contributed by atoms with Gasteiger partial charge in [0, 0.05) is 0 Å². The Morgan fingerprint density at radius 2 is 1.55 bits per heavy atom. The van der Waals surface area contributed by atoms with Crippen LogP contribution in [0.4, 0.5) is 0 Å². The fourth-order valence-corrected chi connectivity index (χ4v) is 1.80. The van der Waals surface area contributed by atoms with E-state index in [4.69, 9.17) is 15.8 Å². The van der Waals surface area contributed by atoms with Crippen LogP contribution in [0, 0.1) is 34.0 Å². The van der Waals surface area contributed by atoms with Crippen LogP contribution in [0.15, 0.2) is 54.1 Å². The largest absolute Gasteiger partial charge is 0.192 e. The van der Waals surface area contributed by atoms with Gasteiger partial charge in [-0.05, 0) is 41.0 Å². The van der Waals surface area contributed by atoms with Crippen molar-refractivity contribution in [3.8, 4) is 29.3 Å².